The van der Waals surface area contributed by atoms with Gasteiger partial charge in [-0.15, -0.1) is 0 Å². The molecule has 1 saturated heterocycles. The number of carboxylic acid groups (broad SMARTS) is 1. The third kappa shape index (κ3) is 3.53. The Kier molecular flexibility index (Phi) is 4.19. The van der Waals surface area contributed by atoms with Gasteiger partial charge in [0.25, 0.3) is 0 Å². The highest BCUT2D eigenvalue weighted by Crippen LogP contribution is 2.24. The Bertz CT molecular complexity index is 444. The first kappa shape index (κ1) is 14.0. The average molecular weight is 267 g/mol. The summed E-state index contributed by atoms with van der Waals surface area (Å²) in [6, 6.07) is 0. The van der Waals surface area contributed by atoms with Crippen LogP contribution in [-0.2, 0) is 17.8 Å². The van der Waals surface area contributed by atoms with Gasteiger partial charge in [0.15, 0.2) is 5.82 Å². The van der Waals surface area contributed by atoms with E-state index in [9.17, 15) is 4.79 Å². The van der Waals surface area contributed by atoms with Crippen LogP contribution in [0.5, 0.6) is 0 Å². The Morgan fingerprint density at radius 3 is 2.84 bits per heavy atom. The van der Waals surface area contributed by atoms with Gasteiger partial charge in [-0.25, -0.2) is 0 Å². The second-order valence-corrected chi connectivity index (χ2v) is 5.82. The minimum Gasteiger partial charge on any atom is -0.481 e. The molecule has 6 nitrogen and oxygen atoms in total. The number of carbonyl (C=O) groups is 1. The van der Waals surface area contributed by atoms with E-state index in [1.54, 1.807) is 0 Å². The molecule has 1 aromatic heterocycles. The largest absolute Gasteiger partial charge is 0.481 e. The van der Waals surface area contributed by atoms with E-state index in [0.717, 1.165) is 18.8 Å². The number of hydrogen-bond acceptors (Lipinski definition) is 5. The molecular formula is C13H21N3O3. The molecule has 1 N–H and O–H groups in total. The Morgan fingerprint density at radius 1 is 1.53 bits per heavy atom. The lowest BCUT2D eigenvalue weighted by molar-refractivity contribution is -0.142. The number of rotatable bonds is 5. The maximum absolute atomic E-state index is 11.1. The van der Waals surface area contributed by atoms with Crippen molar-refractivity contribution < 1.29 is 14.4 Å². The van der Waals surface area contributed by atoms with Crippen molar-refractivity contribution in [3.8, 4) is 0 Å². The van der Waals surface area contributed by atoms with Crippen molar-refractivity contribution in [3.63, 3.8) is 0 Å². The van der Waals surface area contributed by atoms with Crippen molar-refractivity contribution in [2.45, 2.75) is 33.7 Å². The summed E-state index contributed by atoms with van der Waals surface area (Å²) in [6.45, 7) is 8.04. The monoisotopic (exact) mass is 267 g/mol. The first-order chi connectivity index (χ1) is 8.95. The topological polar surface area (TPSA) is 79.5 Å². The van der Waals surface area contributed by atoms with Gasteiger partial charge in [-0.3, -0.25) is 9.69 Å². The molecule has 0 aromatic carbocycles. The summed E-state index contributed by atoms with van der Waals surface area (Å²) in [5, 5.41) is 13.0. The summed E-state index contributed by atoms with van der Waals surface area (Å²) in [5.41, 5.74) is 0. The zero-order valence-corrected chi connectivity index (χ0v) is 11.7. The molecule has 0 radical (unpaired) electrons. The quantitative estimate of drug-likeness (QED) is 0.869. The van der Waals surface area contributed by atoms with E-state index in [-0.39, 0.29) is 11.8 Å². The van der Waals surface area contributed by atoms with E-state index in [1.165, 1.54) is 0 Å². The minimum absolute atomic E-state index is 0.163. The Labute approximate surface area is 112 Å². The number of aromatic nitrogens is 2. The van der Waals surface area contributed by atoms with E-state index in [0.29, 0.717) is 24.9 Å². The summed E-state index contributed by atoms with van der Waals surface area (Å²) in [5.74, 6) is 0.948. The highest BCUT2D eigenvalue weighted by atomic mass is 16.5. The van der Waals surface area contributed by atoms with Gasteiger partial charge in [0.2, 0.25) is 5.89 Å². The van der Waals surface area contributed by atoms with E-state index in [2.05, 4.69) is 28.9 Å². The second-order valence-electron chi connectivity index (χ2n) is 5.82. The first-order valence-corrected chi connectivity index (χ1v) is 6.72. The molecule has 106 valence electrons. The maximum atomic E-state index is 11.1. The summed E-state index contributed by atoms with van der Waals surface area (Å²) in [7, 11) is 0. The Hall–Kier alpha value is -1.43. The molecule has 6 heteroatoms. The minimum atomic E-state index is -0.721. The molecule has 2 rings (SSSR count). The molecule has 2 heterocycles. The summed E-state index contributed by atoms with van der Waals surface area (Å²) in [6.07, 6.45) is 0.803. The number of aliphatic carboxylic acids is 1. The van der Waals surface area contributed by atoms with Gasteiger partial charge in [0.1, 0.15) is 0 Å². The predicted molar refractivity (Wildman–Crippen MR) is 68.4 cm³/mol. The lowest BCUT2D eigenvalue weighted by atomic mass is 9.99. The van der Waals surface area contributed by atoms with Gasteiger partial charge in [0.05, 0.1) is 12.5 Å². The van der Waals surface area contributed by atoms with Crippen LogP contribution >= 0.6 is 0 Å². The molecule has 1 fully saturated rings. The van der Waals surface area contributed by atoms with Gasteiger partial charge < -0.3 is 9.63 Å². The van der Waals surface area contributed by atoms with E-state index in [1.807, 2.05) is 6.92 Å². The third-order valence-corrected chi connectivity index (χ3v) is 3.47. The molecule has 1 aromatic rings. The molecule has 0 spiro atoms. The third-order valence-electron chi connectivity index (χ3n) is 3.47. The fraction of sp³-hybridized carbons (Fsp3) is 0.769. The molecule has 0 aliphatic carbocycles. The molecule has 1 aliphatic heterocycles. The zero-order valence-electron chi connectivity index (χ0n) is 11.7. The van der Waals surface area contributed by atoms with Crippen LogP contribution in [0.4, 0.5) is 0 Å². The first-order valence-electron chi connectivity index (χ1n) is 6.72. The summed E-state index contributed by atoms with van der Waals surface area (Å²) in [4.78, 5) is 17.5. The molecule has 0 bridgehead atoms. The fourth-order valence-electron chi connectivity index (χ4n) is 2.51. The van der Waals surface area contributed by atoms with Crippen LogP contribution in [0.1, 0.15) is 32.5 Å². The van der Waals surface area contributed by atoms with Crippen LogP contribution in [0.3, 0.4) is 0 Å². The van der Waals surface area contributed by atoms with Crippen molar-refractivity contribution in [2.24, 2.45) is 17.8 Å². The maximum Gasteiger partial charge on any atom is 0.308 e. The molecule has 1 aliphatic rings. The van der Waals surface area contributed by atoms with E-state index < -0.39 is 5.97 Å². The molecule has 0 amide bonds. The van der Waals surface area contributed by atoms with Crippen LogP contribution in [0.15, 0.2) is 4.52 Å². The van der Waals surface area contributed by atoms with Crippen molar-refractivity contribution in [1.29, 1.82) is 0 Å². The number of carboxylic acids is 1. The highest BCUT2D eigenvalue weighted by molar-refractivity contribution is 5.71. The number of nitrogens with zero attached hydrogens (tertiary/aromatic N) is 3. The van der Waals surface area contributed by atoms with Gasteiger partial charge in [0, 0.05) is 19.5 Å². The highest BCUT2D eigenvalue weighted by Gasteiger charge is 2.35. The molecule has 2 atom stereocenters. The summed E-state index contributed by atoms with van der Waals surface area (Å²) < 4.78 is 5.21. The second kappa shape index (κ2) is 5.69. The van der Waals surface area contributed by atoms with Crippen LogP contribution in [-0.4, -0.2) is 39.2 Å². The van der Waals surface area contributed by atoms with Gasteiger partial charge in [-0.2, -0.15) is 4.98 Å². The molecule has 0 saturated carbocycles. The lowest BCUT2D eigenvalue weighted by Crippen LogP contribution is -2.23. The fourth-order valence-corrected chi connectivity index (χ4v) is 2.51. The SMILES string of the molecule is CC(C)Cc1noc(CN2C[C@@H](C)[C@H](C(=O)O)C2)n1. The van der Waals surface area contributed by atoms with Crippen LogP contribution in [0.25, 0.3) is 0 Å². The number of likely N-dealkylation sites (tertiary alicyclic amines) is 1. The van der Waals surface area contributed by atoms with Crippen molar-refractivity contribution >= 4 is 5.97 Å². The normalized spacial score (nSPS) is 24.2. The zero-order chi connectivity index (χ0) is 14.0. The van der Waals surface area contributed by atoms with Crippen LogP contribution in [0.2, 0.25) is 0 Å². The van der Waals surface area contributed by atoms with Crippen molar-refractivity contribution in [2.75, 3.05) is 13.1 Å². The molecule has 19 heavy (non-hydrogen) atoms. The van der Waals surface area contributed by atoms with E-state index >= 15 is 0 Å². The predicted octanol–water partition coefficient (Wildman–Crippen LogP) is 1.42. The van der Waals surface area contributed by atoms with Gasteiger partial charge >= 0.3 is 5.97 Å². The summed E-state index contributed by atoms with van der Waals surface area (Å²) >= 11 is 0. The Balaban J connectivity index is 1.92. The lowest BCUT2D eigenvalue weighted by Gasteiger charge is -2.11. The van der Waals surface area contributed by atoms with Gasteiger partial charge in [-0.05, 0) is 11.8 Å². The molecular weight excluding hydrogens is 246 g/mol. The average Bonchev–Trinajstić information content (AvgIpc) is 2.85. The smallest absolute Gasteiger partial charge is 0.308 e. The van der Waals surface area contributed by atoms with Crippen LogP contribution < -0.4 is 0 Å². The van der Waals surface area contributed by atoms with Gasteiger partial charge in [-0.1, -0.05) is 25.9 Å². The van der Waals surface area contributed by atoms with E-state index in [4.69, 9.17) is 9.63 Å². The molecule has 0 unspecified atom stereocenters. The van der Waals surface area contributed by atoms with Crippen molar-refractivity contribution in [1.82, 2.24) is 15.0 Å². The standard InChI is InChI=1S/C13H21N3O3/c1-8(2)4-11-14-12(19-15-11)7-16-5-9(3)10(6-16)13(17)18/h8-10H,4-7H2,1-3H3,(H,17,18)/t9-,10-/m1/s1. The number of hydrogen-bond donors (Lipinski definition) is 1. The van der Waals surface area contributed by atoms with Crippen molar-refractivity contribution in [3.05, 3.63) is 11.7 Å². The van der Waals surface area contributed by atoms with Crippen LogP contribution in [0, 0.1) is 17.8 Å². The Morgan fingerprint density at radius 2 is 2.26 bits per heavy atom.